The number of aromatic nitrogens is 1. The maximum atomic E-state index is 11.2. The molecule has 0 aromatic carbocycles. The molecule has 1 amide bonds. The highest BCUT2D eigenvalue weighted by molar-refractivity contribution is 7.80. The highest BCUT2D eigenvalue weighted by atomic mass is 32.1. The molecular weight excluding hydrogens is 250 g/mol. The summed E-state index contributed by atoms with van der Waals surface area (Å²) in [6.45, 7) is 1.96. The smallest absolute Gasteiger partial charge is 0.240 e. The van der Waals surface area contributed by atoms with Crippen molar-refractivity contribution in [2.24, 2.45) is 16.8 Å². The van der Waals surface area contributed by atoms with Crippen LogP contribution < -0.4 is 16.5 Å². The molecule has 0 saturated carbocycles. The molecule has 0 aliphatic carbocycles. The van der Waals surface area contributed by atoms with Crippen molar-refractivity contribution in [3.8, 4) is 0 Å². The van der Waals surface area contributed by atoms with E-state index >= 15 is 0 Å². The molecule has 1 aromatic heterocycles. The molecule has 1 unspecified atom stereocenters. The van der Waals surface area contributed by atoms with Crippen LogP contribution in [-0.2, 0) is 4.79 Å². The first-order chi connectivity index (χ1) is 8.56. The summed E-state index contributed by atoms with van der Waals surface area (Å²) in [6, 6.07) is 3.63. The molecule has 0 radical (unpaired) electrons. The van der Waals surface area contributed by atoms with E-state index in [4.69, 9.17) is 18.0 Å². The number of nitrogens with zero attached hydrogens (tertiary/aromatic N) is 2. The summed E-state index contributed by atoms with van der Waals surface area (Å²) >= 11 is 4.72. The number of anilines is 1. The van der Waals surface area contributed by atoms with Crippen molar-refractivity contribution in [2.75, 3.05) is 5.32 Å². The molecule has 0 saturated heterocycles. The molecule has 2 rings (SSSR count). The minimum absolute atomic E-state index is 0.0639. The number of carbonyl (C=O) groups excluding carboxylic acids is 1. The Bertz CT molecular complexity index is 511. The van der Waals surface area contributed by atoms with Crippen molar-refractivity contribution >= 4 is 34.8 Å². The van der Waals surface area contributed by atoms with Crippen LogP contribution in [0.5, 0.6) is 0 Å². The number of hydrogen-bond donors (Lipinski definition) is 3. The third-order valence-corrected chi connectivity index (χ3v) is 2.67. The monoisotopic (exact) mass is 263 g/mol. The summed E-state index contributed by atoms with van der Waals surface area (Å²) in [5, 5.41) is 6.97. The average Bonchev–Trinajstić information content (AvgIpc) is 2.30. The van der Waals surface area contributed by atoms with Gasteiger partial charge in [0.25, 0.3) is 0 Å². The Morgan fingerprint density at radius 1 is 1.61 bits per heavy atom. The summed E-state index contributed by atoms with van der Waals surface area (Å²) < 4.78 is 0. The van der Waals surface area contributed by atoms with E-state index in [2.05, 4.69) is 20.8 Å². The number of pyridine rings is 1. The molecule has 4 N–H and O–H groups in total. The summed E-state index contributed by atoms with van der Waals surface area (Å²) in [5.41, 5.74) is 9.52. The fraction of sp³-hybridized carbons (Fsp3) is 0.273. The molecule has 94 valence electrons. The lowest BCUT2D eigenvalue weighted by molar-refractivity contribution is -0.121. The van der Waals surface area contributed by atoms with E-state index in [1.807, 2.05) is 13.0 Å². The van der Waals surface area contributed by atoms with Crippen molar-refractivity contribution in [1.82, 2.24) is 10.4 Å². The fourth-order valence-electron chi connectivity index (χ4n) is 1.75. The third-order valence-electron chi connectivity index (χ3n) is 2.57. The normalized spacial score (nSPS) is 18.8. The van der Waals surface area contributed by atoms with Crippen molar-refractivity contribution in [3.05, 3.63) is 23.9 Å². The van der Waals surface area contributed by atoms with Gasteiger partial charge in [0.2, 0.25) is 5.91 Å². The van der Waals surface area contributed by atoms with E-state index in [-0.39, 0.29) is 16.9 Å². The topological polar surface area (TPSA) is 92.4 Å². The number of nitrogens with one attached hydrogen (secondary N) is 2. The maximum Gasteiger partial charge on any atom is 0.240 e. The number of nitrogens with two attached hydrogens (primary N) is 1. The Hall–Kier alpha value is -2.02. The maximum absolute atomic E-state index is 11.2. The largest absolute Gasteiger partial charge is 0.376 e. The standard InChI is InChI=1S/C11H13N5OS/c1-6-4-9(17)15-16-10(6)7-2-3-8(13-5-7)14-11(12)18/h2-3,5-6H,4H2,1H3,(H,15,17)(H3,12,13,14,18). The zero-order chi connectivity index (χ0) is 13.1. The molecule has 0 fully saturated rings. The van der Waals surface area contributed by atoms with Crippen LogP contribution in [0.15, 0.2) is 23.4 Å². The molecule has 1 atom stereocenters. The minimum Gasteiger partial charge on any atom is -0.376 e. The first-order valence-electron chi connectivity index (χ1n) is 5.45. The van der Waals surface area contributed by atoms with Crippen LogP contribution >= 0.6 is 12.2 Å². The molecule has 0 spiro atoms. The second kappa shape index (κ2) is 5.09. The Labute approximate surface area is 110 Å². The number of thiocarbonyl (C=S) groups is 1. The van der Waals surface area contributed by atoms with Crippen molar-refractivity contribution in [2.45, 2.75) is 13.3 Å². The van der Waals surface area contributed by atoms with Gasteiger partial charge in [0.1, 0.15) is 5.82 Å². The van der Waals surface area contributed by atoms with E-state index in [0.29, 0.717) is 12.2 Å². The highest BCUT2D eigenvalue weighted by Gasteiger charge is 2.21. The zero-order valence-electron chi connectivity index (χ0n) is 9.80. The van der Waals surface area contributed by atoms with Gasteiger partial charge in [-0.05, 0) is 24.4 Å². The lowest BCUT2D eigenvalue weighted by Crippen LogP contribution is -2.32. The van der Waals surface area contributed by atoms with Crippen LogP contribution in [-0.4, -0.2) is 21.7 Å². The lowest BCUT2D eigenvalue weighted by Gasteiger charge is -2.18. The minimum atomic E-state index is -0.0639. The summed E-state index contributed by atoms with van der Waals surface area (Å²) in [7, 11) is 0. The van der Waals surface area contributed by atoms with E-state index in [9.17, 15) is 4.79 Å². The van der Waals surface area contributed by atoms with Gasteiger partial charge in [0, 0.05) is 24.1 Å². The molecule has 0 bridgehead atoms. The van der Waals surface area contributed by atoms with Gasteiger partial charge in [-0.3, -0.25) is 4.79 Å². The first kappa shape index (κ1) is 12.4. The molecule has 1 aliphatic heterocycles. The Morgan fingerprint density at radius 2 is 2.39 bits per heavy atom. The van der Waals surface area contributed by atoms with Gasteiger partial charge in [-0.2, -0.15) is 5.10 Å². The van der Waals surface area contributed by atoms with Gasteiger partial charge in [0.05, 0.1) is 5.71 Å². The molecule has 6 nitrogen and oxygen atoms in total. The highest BCUT2D eigenvalue weighted by Crippen LogP contribution is 2.16. The van der Waals surface area contributed by atoms with E-state index in [1.54, 1.807) is 12.3 Å². The molecule has 7 heteroatoms. The zero-order valence-corrected chi connectivity index (χ0v) is 10.6. The summed E-state index contributed by atoms with van der Waals surface area (Å²) in [6.07, 6.45) is 2.11. The first-order valence-corrected chi connectivity index (χ1v) is 5.86. The van der Waals surface area contributed by atoms with Gasteiger partial charge < -0.3 is 11.1 Å². The van der Waals surface area contributed by atoms with Crippen LogP contribution in [0, 0.1) is 5.92 Å². The Balaban J connectivity index is 2.19. The van der Waals surface area contributed by atoms with Crippen LogP contribution in [0.25, 0.3) is 0 Å². The fourth-order valence-corrected chi connectivity index (χ4v) is 1.85. The quantitative estimate of drug-likeness (QED) is 0.679. The lowest BCUT2D eigenvalue weighted by atomic mass is 9.95. The molecule has 1 aliphatic rings. The molecule has 2 heterocycles. The van der Waals surface area contributed by atoms with Crippen LogP contribution in [0.3, 0.4) is 0 Å². The number of hydrogen-bond acceptors (Lipinski definition) is 4. The number of rotatable bonds is 2. The van der Waals surface area contributed by atoms with Crippen LogP contribution in [0.4, 0.5) is 5.82 Å². The summed E-state index contributed by atoms with van der Waals surface area (Å²) in [4.78, 5) is 15.3. The van der Waals surface area contributed by atoms with Gasteiger partial charge >= 0.3 is 0 Å². The van der Waals surface area contributed by atoms with Gasteiger partial charge in [-0.15, -0.1) is 0 Å². The van der Waals surface area contributed by atoms with Crippen molar-refractivity contribution in [3.63, 3.8) is 0 Å². The van der Waals surface area contributed by atoms with Crippen molar-refractivity contribution in [1.29, 1.82) is 0 Å². The molecule has 18 heavy (non-hydrogen) atoms. The second-order valence-electron chi connectivity index (χ2n) is 4.06. The van der Waals surface area contributed by atoms with E-state index in [1.165, 1.54) is 0 Å². The number of hydrazone groups is 1. The van der Waals surface area contributed by atoms with E-state index in [0.717, 1.165) is 11.3 Å². The second-order valence-corrected chi connectivity index (χ2v) is 4.50. The van der Waals surface area contributed by atoms with Gasteiger partial charge in [0.15, 0.2) is 5.11 Å². The Morgan fingerprint density at radius 3 is 2.94 bits per heavy atom. The van der Waals surface area contributed by atoms with Crippen LogP contribution in [0.1, 0.15) is 18.9 Å². The van der Waals surface area contributed by atoms with Crippen molar-refractivity contribution < 1.29 is 4.79 Å². The number of amides is 1. The van der Waals surface area contributed by atoms with E-state index < -0.39 is 0 Å². The number of carbonyl (C=O) groups is 1. The third kappa shape index (κ3) is 2.80. The molecular formula is C11H13N5OS. The predicted octanol–water partition coefficient (Wildman–Crippen LogP) is 0.597. The van der Waals surface area contributed by atoms with Gasteiger partial charge in [-0.1, -0.05) is 6.92 Å². The van der Waals surface area contributed by atoms with Crippen LogP contribution in [0.2, 0.25) is 0 Å². The average molecular weight is 263 g/mol. The summed E-state index contributed by atoms with van der Waals surface area (Å²) in [5.74, 6) is 0.597. The predicted molar refractivity (Wildman–Crippen MR) is 73.1 cm³/mol. The molecule has 1 aromatic rings. The Kier molecular flexibility index (Phi) is 3.52. The SMILES string of the molecule is CC1CC(=O)NN=C1c1ccc(NC(N)=S)nc1. The van der Waals surface area contributed by atoms with Gasteiger partial charge in [-0.25, -0.2) is 10.4 Å².